The number of aliphatic hydroxyl groups excluding tert-OH is 1. The minimum absolute atomic E-state index is 0.0754. The molecule has 3 atom stereocenters. The smallest absolute Gasteiger partial charge is 0.0611 e. The fourth-order valence-corrected chi connectivity index (χ4v) is 4.20. The molecule has 2 saturated carbocycles. The molecule has 0 saturated heterocycles. The van der Waals surface area contributed by atoms with Crippen molar-refractivity contribution in [3.8, 4) is 0 Å². The van der Waals surface area contributed by atoms with Crippen molar-refractivity contribution < 1.29 is 9.84 Å². The zero-order valence-corrected chi connectivity index (χ0v) is 17.1. The third-order valence-corrected chi connectivity index (χ3v) is 6.13. The molecule has 0 radical (unpaired) electrons. The first-order valence-corrected chi connectivity index (χ1v) is 10.4. The SMILES string of the molecule is C=C(/C=C1/CC[C@@H](COCCC(C)C)C/C1=C/C)[C@H]1CC[C@](N)(CO)C1. The Hall–Kier alpha value is -0.900. The first kappa shape index (κ1) is 21.4. The molecule has 2 fully saturated rings. The zero-order valence-electron chi connectivity index (χ0n) is 17.1. The minimum Gasteiger partial charge on any atom is -0.394 e. The van der Waals surface area contributed by atoms with Gasteiger partial charge in [0.15, 0.2) is 0 Å². The molecule has 0 aromatic rings. The monoisotopic (exact) mass is 361 g/mol. The fourth-order valence-electron chi connectivity index (χ4n) is 4.20. The molecule has 3 N–H and O–H groups in total. The molecular formula is C23H39NO2. The van der Waals surface area contributed by atoms with Crippen LogP contribution in [0.1, 0.15) is 65.7 Å². The van der Waals surface area contributed by atoms with Crippen molar-refractivity contribution in [1.82, 2.24) is 0 Å². The van der Waals surface area contributed by atoms with Gasteiger partial charge in [0, 0.05) is 18.8 Å². The largest absolute Gasteiger partial charge is 0.394 e. The quantitative estimate of drug-likeness (QED) is 0.612. The van der Waals surface area contributed by atoms with Gasteiger partial charge in [0.1, 0.15) is 0 Å². The molecule has 0 aromatic heterocycles. The Bertz CT molecular complexity index is 534. The van der Waals surface area contributed by atoms with Crippen molar-refractivity contribution >= 4 is 0 Å². The second-order valence-electron chi connectivity index (χ2n) is 8.88. The lowest BCUT2D eigenvalue weighted by Crippen LogP contribution is -2.40. The third kappa shape index (κ3) is 6.07. The average molecular weight is 362 g/mol. The van der Waals surface area contributed by atoms with Crippen LogP contribution in [-0.4, -0.2) is 30.5 Å². The van der Waals surface area contributed by atoms with Crippen LogP contribution in [0.25, 0.3) is 0 Å². The van der Waals surface area contributed by atoms with Gasteiger partial charge in [0.2, 0.25) is 0 Å². The molecule has 26 heavy (non-hydrogen) atoms. The highest BCUT2D eigenvalue weighted by atomic mass is 16.5. The van der Waals surface area contributed by atoms with Crippen molar-refractivity contribution in [2.24, 2.45) is 23.5 Å². The maximum atomic E-state index is 9.48. The second kappa shape index (κ2) is 9.87. The van der Waals surface area contributed by atoms with E-state index in [9.17, 15) is 5.11 Å². The highest BCUT2D eigenvalue weighted by molar-refractivity contribution is 5.39. The Balaban J connectivity index is 1.87. The molecule has 3 nitrogen and oxygen atoms in total. The fraction of sp³-hybridized carbons (Fsp3) is 0.739. The van der Waals surface area contributed by atoms with Gasteiger partial charge >= 0.3 is 0 Å². The summed E-state index contributed by atoms with van der Waals surface area (Å²) in [7, 11) is 0. The lowest BCUT2D eigenvalue weighted by atomic mass is 9.80. The summed E-state index contributed by atoms with van der Waals surface area (Å²) in [4.78, 5) is 0. The summed E-state index contributed by atoms with van der Waals surface area (Å²) in [6.45, 7) is 12.8. The van der Waals surface area contributed by atoms with Crippen LogP contribution in [0.5, 0.6) is 0 Å². The second-order valence-corrected chi connectivity index (χ2v) is 8.88. The average Bonchev–Trinajstić information content (AvgIpc) is 3.02. The Labute approximate surface area is 160 Å². The first-order chi connectivity index (χ1) is 12.4. The van der Waals surface area contributed by atoms with Gasteiger partial charge in [-0.3, -0.25) is 0 Å². The van der Waals surface area contributed by atoms with Gasteiger partial charge in [-0.2, -0.15) is 0 Å². The number of rotatable bonds is 8. The summed E-state index contributed by atoms with van der Waals surface area (Å²) < 4.78 is 5.91. The van der Waals surface area contributed by atoms with Crippen LogP contribution in [-0.2, 0) is 4.74 Å². The molecule has 148 valence electrons. The molecular weight excluding hydrogens is 322 g/mol. The van der Waals surface area contributed by atoms with E-state index in [1.54, 1.807) is 0 Å². The zero-order chi connectivity index (χ0) is 19.2. The van der Waals surface area contributed by atoms with Crippen molar-refractivity contribution in [2.75, 3.05) is 19.8 Å². The predicted octanol–water partition coefficient (Wildman–Crippen LogP) is 4.77. The van der Waals surface area contributed by atoms with Crippen molar-refractivity contribution in [1.29, 1.82) is 0 Å². The van der Waals surface area contributed by atoms with E-state index >= 15 is 0 Å². The standard InChI is InChI=1S/C23H39NO2/c1-5-20-13-19(15-26-11-9-17(2)3)6-7-21(20)12-18(4)22-8-10-23(24,14-22)16-25/h5,12,17,19,22,25H,4,6-11,13-16,24H2,1-3H3/b20-5-,21-12-/t19-,22+,23-/m1/s1. The summed E-state index contributed by atoms with van der Waals surface area (Å²) >= 11 is 0. The molecule has 0 aromatic carbocycles. The Morgan fingerprint density at radius 2 is 2.15 bits per heavy atom. The number of allylic oxidation sites excluding steroid dienone is 5. The molecule has 2 rings (SSSR count). The lowest BCUT2D eigenvalue weighted by Gasteiger charge is -2.27. The van der Waals surface area contributed by atoms with Gasteiger partial charge in [0.05, 0.1) is 6.61 Å². The van der Waals surface area contributed by atoms with Crippen LogP contribution in [0.3, 0.4) is 0 Å². The summed E-state index contributed by atoms with van der Waals surface area (Å²) in [6, 6.07) is 0. The highest BCUT2D eigenvalue weighted by Crippen LogP contribution is 2.39. The van der Waals surface area contributed by atoms with Crippen LogP contribution in [0.4, 0.5) is 0 Å². The minimum atomic E-state index is -0.402. The molecule has 0 bridgehead atoms. The van der Waals surface area contributed by atoms with E-state index in [2.05, 4.69) is 39.5 Å². The Morgan fingerprint density at radius 3 is 2.77 bits per heavy atom. The first-order valence-electron chi connectivity index (χ1n) is 10.4. The molecule has 3 heteroatoms. The highest BCUT2D eigenvalue weighted by Gasteiger charge is 2.36. The topological polar surface area (TPSA) is 55.5 Å². The lowest BCUT2D eigenvalue weighted by molar-refractivity contribution is 0.0863. The van der Waals surface area contributed by atoms with Gasteiger partial charge in [-0.05, 0) is 80.8 Å². The van der Waals surface area contributed by atoms with Crippen LogP contribution in [0.2, 0.25) is 0 Å². The maximum absolute atomic E-state index is 9.48. The van der Waals surface area contributed by atoms with E-state index in [1.807, 2.05) is 0 Å². The third-order valence-electron chi connectivity index (χ3n) is 6.13. The number of aliphatic hydroxyl groups is 1. The van der Waals surface area contributed by atoms with E-state index < -0.39 is 5.54 Å². The number of hydrogen-bond donors (Lipinski definition) is 2. The van der Waals surface area contributed by atoms with E-state index in [0.29, 0.717) is 17.8 Å². The van der Waals surface area contributed by atoms with Crippen LogP contribution >= 0.6 is 0 Å². The van der Waals surface area contributed by atoms with E-state index in [4.69, 9.17) is 10.5 Å². The molecule has 0 heterocycles. The number of hydrogen-bond acceptors (Lipinski definition) is 3. The summed E-state index contributed by atoms with van der Waals surface area (Å²) in [6.07, 6.45) is 11.9. The van der Waals surface area contributed by atoms with Gasteiger partial charge in [-0.1, -0.05) is 38.2 Å². The van der Waals surface area contributed by atoms with E-state index in [0.717, 1.165) is 51.7 Å². The van der Waals surface area contributed by atoms with Crippen molar-refractivity contribution in [2.45, 2.75) is 71.3 Å². The van der Waals surface area contributed by atoms with Gasteiger partial charge in [0.25, 0.3) is 0 Å². The summed E-state index contributed by atoms with van der Waals surface area (Å²) in [5.74, 6) is 1.76. The van der Waals surface area contributed by atoms with Crippen LogP contribution < -0.4 is 5.73 Å². The van der Waals surface area contributed by atoms with E-state index in [-0.39, 0.29) is 6.61 Å². The van der Waals surface area contributed by atoms with Gasteiger partial charge < -0.3 is 15.6 Å². The van der Waals surface area contributed by atoms with E-state index in [1.165, 1.54) is 23.1 Å². The summed E-state index contributed by atoms with van der Waals surface area (Å²) in [5, 5.41) is 9.48. The predicted molar refractivity (Wildman–Crippen MR) is 110 cm³/mol. The van der Waals surface area contributed by atoms with Crippen LogP contribution in [0, 0.1) is 17.8 Å². The number of nitrogens with two attached hydrogens (primary N) is 1. The molecule has 2 aliphatic carbocycles. The summed E-state index contributed by atoms with van der Waals surface area (Å²) in [5.41, 5.74) is 9.91. The molecule has 0 amide bonds. The normalized spacial score (nSPS) is 32.7. The van der Waals surface area contributed by atoms with Crippen molar-refractivity contribution in [3.63, 3.8) is 0 Å². The van der Waals surface area contributed by atoms with Crippen molar-refractivity contribution in [3.05, 3.63) is 35.5 Å². The van der Waals surface area contributed by atoms with Crippen LogP contribution in [0.15, 0.2) is 35.5 Å². The number of ether oxygens (including phenoxy) is 1. The van der Waals surface area contributed by atoms with Gasteiger partial charge in [-0.25, -0.2) is 0 Å². The molecule has 0 spiro atoms. The molecule has 0 aliphatic heterocycles. The maximum Gasteiger partial charge on any atom is 0.0611 e. The molecule has 0 unspecified atom stereocenters. The Kier molecular flexibility index (Phi) is 8.12. The molecule has 2 aliphatic rings. The van der Waals surface area contributed by atoms with Gasteiger partial charge in [-0.15, -0.1) is 0 Å². The Morgan fingerprint density at radius 1 is 1.38 bits per heavy atom.